The Hall–Kier alpha value is -1.93. The van der Waals surface area contributed by atoms with Crippen molar-refractivity contribution >= 4 is 11.9 Å². The van der Waals surface area contributed by atoms with Gasteiger partial charge in [0.2, 0.25) is 0 Å². The quantitative estimate of drug-likeness (QED) is 0.778. The summed E-state index contributed by atoms with van der Waals surface area (Å²) in [7, 11) is 0. The highest BCUT2D eigenvalue weighted by Gasteiger charge is 1.90. The lowest BCUT2D eigenvalue weighted by atomic mass is 10.1. The molecule has 0 radical (unpaired) electrons. The Morgan fingerprint density at radius 1 is 0.938 bits per heavy atom. The maximum Gasteiger partial charge on any atom is 0.0681 e. The van der Waals surface area contributed by atoms with Crippen LogP contribution in [0, 0.1) is 0 Å². The molecule has 2 heteroatoms. The zero-order valence-corrected chi connectivity index (χ0v) is 8.88. The van der Waals surface area contributed by atoms with E-state index in [0.717, 1.165) is 16.8 Å². The van der Waals surface area contributed by atoms with Crippen LogP contribution >= 0.6 is 0 Å². The average molecular weight is 211 g/mol. The third kappa shape index (κ3) is 2.78. The third-order valence-electron chi connectivity index (χ3n) is 2.28. The Bertz CT molecular complexity index is 460. The van der Waals surface area contributed by atoms with Crippen LogP contribution in [0.4, 0.5) is 5.69 Å². The molecule has 16 heavy (non-hydrogen) atoms. The minimum atomic E-state index is 0.0795. The van der Waals surface area contributed by atoms with Crippen LogP contribution in [0.5, 0.6) is 0 Å². The van der Waals surface area contributed by atoms with E-state index in [2.05, 4.69) is 4.99 Å². The summed E-state index contributed by atoms with van der Waals surface area (Å²) in [5, 5.41) is 8.90. The number of rotatable bonds is 3. The van der Waals surface area contributed by atoms with Crippen molar-refractivity contribution in [3.8, 4) is 0 Å². The summed E-state index contributed by atoms with van der Waals surface area (Å²) in [6, 6.07) is 17.5. The molecule has 2 aromatic rings. The maximum absolute atomic E-state index is 8.90. The van der Waals surface area contributed by atoms with Crippen molar-refractivity contribution in [3.05, 3.63) is 65.7 Å². The molecule has 0 spiro atoms. The van der Waals surface area contributed by atoms with Crippen LogP contribution in [-0.2, 0) is 6.61 Å². The van der Waals surface area contributed by atoms with Crippen LogP contribution < -0.4 is 0 Å². The number of aliphatic hydroxyl groups excluding tert-OH is 1. The molecule has 0 atom stereocenters. The van der Waals surface area contributed by atoms with Gasteiger partial charge < -0.3 is 5.11 Å². The van der Waals surface area contributed by atoms with E-state index in [0.29, 0.717) is 0 Å². The molecular formula is C14H13NO. The number of para-hydroxylation sites is 1. The first-order valence-electron chi connectivity index (χ1n) is 5.17. The molecule has 2 aromatic carbocycles. The summed E-state index contributed by atoms with van der Waals surface area (Å²) < 4.78 is 0. The maximum atomic E-state index is 8.90. The van der Waals surface area contributed by atoms with Crippen molar-refractivity contribution in [1.29, 1.82) is 0 Å². The molecular weight excluding hydrogens is 198 g/mol. The number of hydrogen-bond donors (Lipinski definition) is 1. The minimum absolute atomic E-state index is 0.0795. The summed E-state index contributed by atoms with van der Waals surface area (Å²) in [5.74, 6) is 0. The second-order valence-corrected chi connectivity index (χ2v) is 3.49. The Morgan fingerprint density at radius 3 is 2.25 bits per heavy atom. The van der Waals surface area contributed by atoms with E-state index in [4.69, 9.17) is 5.11 Å². The van der Waals surface area contributed by atoms with Gasteiger partial charge in [-0.1, -0.05) is 42.5 Å². The predicted octanol–water partition coefficient (Wildman–Crippen LogP) is 2.93. The highest BCUT2D eigenvalue weighted by Crippen LogP contribution is 2.10. The summed E-state index contributed by atoms with van der Waals surface area (Å²) >= 11 is 0. The highest BCUT2D eigenvalue weighted by molar-refractivity contribution is 5.81. The summed E-state index contributed by atoms with van der Waals surface area (Å²) in [6.45, 7) is 0.0795. The van der Waals surface area contributed by atoms with Crippen molar-refractivity contribution in [2.45, 2.75) is 6.61 Å². The van der Waals surface area contributed by atoms with Gasteiger partial charge in [-0.3, -0.25) is 4.99 Å². The molecule has 0 aliphatic heterocycles. The van der Waals surface area contributed by atoms with Crippen LogP contribution in [-0.4, -0.2) is 11.3 Å². The van der Waals surface area contributed by atoms with Gasteiger partial charge in [-0.25, -0.2) is 0 Å². The Kier molecular flexibility index (Phi) is 3.46. The second-order valence-electron chi connectivity index (χ2n) is 3.49. The first-order valence-corrected chi connectivity index (χ1v) is 5.17. The molecule has 2 rings (SSSR count). The molecule has 2 nitrogen and oxygen atoms in total. The largest absolute Gasteiger partial charge is 0.392 e. The smallest absolute Gasteiger partial charge is 0.0681 e. The molecule has 0 aliphatic rings. The first-order chi connectivity index (χ1) is 7.88. The van der Waals surface area contributed by atoms with Gasteiger partial charge in [0.05, 0.1) is 12.3 Å². The lowest BCUT2D eigenvalue weighted by molar-refractivity contribution is 0.282. The van der Waals surface area contributed by atoms with Crippen LogP contribution in [0.3, 0.4) is 0 Å². The molecule has 0 amide bonds. The monoisotopic (exact) mass is 211 g/mol. The molecule has 0 saturated carbocycles. The number of benzene rings is 2. The van der Waals surface area contributed by atoms with Crippen molar-refractivity contribution in [2.75, 3.05) is 0 Å². The Morgan fingerprint density at radius 2 is 1.62 bits per heavy atom. The molecule has 0 heterocycles. The van der Waals surface area contributed by atoms with Gasteiger partial charge in [-0.2, -0.15) is 0 Å². The zero-order chi connectivity index (χ0) is 11.2. The molecule has 0 aliphatic carbocycles. The molecule has 0 unspecified atom stereocenters. The van der Waals surface area contributed by atoms with E-state index < -0.39 is 0 Å². The average Bonchev–Trinajstić information content (AvgIpc) is 2.38. The minimum Gasteiger partial charge on any atom is -0.392 e. The Labute approximate surface area is 94.9 Å². The zero-order valence-electron chi connectivity index (χ0n) is 8.88. The molecule has 0 aromatic heterocycles. The number of aliphatic imine (C=N–C) groups is 1. The van der Waals surface area contributed by atoms with Crippen molar-refractivity contribution in [2.24, 2.45) is 4.99 Å². The Balaban J connectivity index is 2.12. The highest BCUT2D eigenvalue weighted by atomic mass is 16.3. The van der Waals surface area contributed by atoms with E-state index in [1.54, 1.807) is 0 Å². The fraction of sp³-hybridized carbons (Fsp3) is 0.0714. The van der Waals surface area contributed by atoms with Gasteiger partial charge in [0.25, 0.3) is 0 Å². The van der Waals surface area contributed by atoms with E-state index >= 15 is 0 Å². The van der Waals surface area contributed by atoms with Gasteiger partial charge >= 0.3 is 0 Å². The fourth-order valence-corrected chi connectivity index (χ4v) is 1.37. The van der Waals surface area contributed by atoms with Crippen molar-refractivity contribution in [3.63, 3.8) is 0 Å². The number of nitrogens with zero attached hydrogens (tertiary/aromatic N) is 1. The molecule has 0 bridgehead atoms. The number of aliphatic hydroxyl groups is 1. The van der Waals surface area contributed by atoms with Crippen molar-refractivity contribution < 1.29 is 5.11 Å². The lowest BCUT2D eigenvalue weighted by Crippen LogP contribution is -1.84. The number of hydrogen-bond acceptors (Lipinski definition) is 2. The van der Waals surface area contributed by atoms with Crippen molar-refractivity contribution in [1.82, 2.24) is 0 Å². The standard InChI is InChI=1S/C14H13NO/c16-11-13-8-6-12(7-9-13)10-15-14-4-2-1-3-5-14/h1-10,16H,11H2/b15-10+. The van der Waals surface area contributed by atoms with Gasteiger partial charge in [-0.05, 0) is 23.3 Å². The summed E-state index contributed by atoms with van der Waals surface area (Å²) in [4.78, 5) is 4.34. The normalized spacial score (nSPS) is 10.8. The molecule has 1 N–H and O–H groups in total. The molecule has 0 saturated heterocycles. The van der Waals surface area contributed by atoms with Gasteiger partial charge in [-0.15, -0.1) is 0 Å². The van der Waals surface area contributed by atoms with E-state index in [9.17, 15) is 0 Å². The van der Waals surface area contributed by atoms with Crippen LogP contribution in [0.1, 0.15) is 11.1 Å². The second kappa shape index (κ2) is 5.24. The van der Waals surface area contributed by atoms with Crippen LogP contribution in [0.25, 0.3) is 0 Å². The first kappa shape index (κ1) is 10.6. The molecule has 80 valence electrons. The van der Waals surface area contributed by atoms with E-state index in [1.807, 2.05) is 60.8 Å². The van der Waals surface area contributed by atoms with Gasteiger partial charge in [0.15, 0.2) is 0 Å². The third-order valence-corrected chi connectivity index (χ3v) is 2.28. The topological polar surface area (TPSA) is 32.6 Å². The van der Waals surface area contributed by atoms with E-state index in [1.165, 1.54) is 0 Å². The lowest BCUT2D eigenvalue weighted by Gasteiger charge is -1.96. The van der Waals surface area contributed by atoms with Crippen LogP contribution in [0.2, 0.25) is 0 Å². The van der Waals surface area contributed by atoms with Gasteiger partial charge in [0.1, 0.15) is 0 Å². The molecule has 0 fully saturated rings. The summed E-state index contributed by atoms with van der Waals surface area (Å²) in [6.07, 6.45) is 1.82. The summed E-state index contributed by atoms with van der Waals surface area (Å²) in [5.41, 5.74) is 2.88. The predicted molar refractivity (Wildman–Crippen MR) is 66.1 cm³/mol. The van der Waals surface area contributed by atoms with Crippen LogP contribution in [0.15, 0.2) is 59.6 Å². The van der Waals surface area contributed by atoms with E-state index in [-0.39, 0.29) is 6.61 Å². The van der Waals surface area contributed by atoms with Gasteiger partial charge in [0, 0.05) is 6.21 Å². The fourth-order valence-electron chi connectivity index (χ4n) is 1.37. The SMILES string of the molecule is OCc1ccc(/C=N/c2ccccc2)cc1.